The first-order chi connectivity index (χ1) is 21.8. The van der Waals surface area contributed by atoms with Gasteiger partial charge in [-0.2, -0.15) is 0 Å². The van der Waals surface area contributed by atoms with Gasteiger partial charge in [-0.1, -0.05) is 77.3 Å². The Morgan fingerprint density at radius 3 is 2.20 bits per heavy atom. The third-order valence-electron chi connectivity index (χ3n) is 13.4. The maximum Gasteiger partial charge on any atom is 0.118 e. The van der Waals surface area contributed by atoms with Crippen LogP contribution in [0.2, 0.25) is 0 Å². The minimum absolute atomic E-state index is 0.155. The summed E-state index contributed by atoms with van der Waals surface area (Å²) in [5, 5.41) is 0.972. The molecule has 46 heavy (non-hydrogen) atoms. The molecule has 3 nitrogen and oxygen atoms in total. The number of allylic oxidation sites excluding steroid dienone is 1. The molecule has 1 N–H and O–H groups in total. The summed E-state index contributed by atoms with van der Waals surface area (Å²) >= 11 is 11.8. The van der Waals surface area contributed by atoms with Crippen LogP contribution in [0.25, 0.3) is 0 Å². The topological polar surface area (TPSA) is 22.9 Å². The van der Waals surface area contributed by atoms with Crippen molar-refractivity contribution in [3.05, 3.63) is 35.9 Å². The van der Waals surface area contributed by atoms with E-state index in [1.807, 2.05) is 24.3 Å². The van der Waals surface area contributed by atoms with Gasteiger partial charge in [-0.3, -0.25) is 0 Å². The molecule has 262 valence electrons. The first-order valence-corrected chi connectivity index (χ1v) is 22.7. The van der Waals surface area contributed by atoms with Crippen LogP contribution in [-0.4, -0.2) is 32.8 Å². The van der Waals surface area contributed by atoms with Gasteiger partial charge in [0.15, 0.2) is 0 Å². The van der Waals surface area contributed by atoms with Crippen molar-refractivity contribution in [2.45, 2.75) is 132 Å². The van der Waals surface area contributed by atoms with Gasteiger partial charge in [0.2, 0.25) is 0 Å². The van der Waals surface area contributed by atoms with Crippen molar-refractivity contribution in [3.8, 4) is 5.75 Å². The van der Waals surface area contributed by atoms with Gasteiger partial charge >= 0.3 is 0 Å². The third kappa shape index (κ3) is 8.51. The summed E-state index contributed by atoms with van der Waals surface area (Å²) < 4.78 is 11.9. The van der Waals surface area contributed by atoms with E-state index in [1.165, 1.54) is 77.4 Å². The van der Waals surface area contributed by atoms with Crippen molar-refractivity contribution < 1.29 is 14.2 Å². The van der Waals surface area contributed by atoms with E-state index in [2.05, 4.69) is 61.5 Å². The van der Waals surface area contributed by atoms with E-state index in [1.54, 1.807) is 17.6 Å². The van der Waals surface area contributed by atoms with Gasteiger partial charge < -0.3 is 26.4 Å². The standard InChI is InChI=1S/C34H53O2PS2.C6H15N/c1-23(2)8-7-9-24(3)30-16-17-31-29-15-10-25-22-27(18-20-33(25,4)32(29)19-21-34(30,31)5)36-37(38,39)28-13-11-26(35-6)12-14-28;1-4-7(5-2)6-3/h10-14,23-24,27,29-32H,7-9,15-22H2,1-6H3,(H,38,39);4-6H2,1-3H3/t24-,27+,29+,30-,31+,32+,33+,34-;/m1./s1. The Morgan fingerprint density at radius 2 is 1.61 bits per heavy atom. The maximum absolute atomic E-state index is 6.60. The molecular formula is C40H68NO2PS2. The van der Waals surface area contributed by atoms with Crippen LogP contribution >= 0.6 is 5.47 Å². The Kier molecular flexibility index (Phi) is 13.9. The Hall–Kier alpha value is -0.320. The molecule has 1 aromatic carbocycles. The molecule has 1 aromatic rings. The van der Waals surface area contributed by atoms with Crippen molar-refractivity contribution in [2.75, 3.05) is 26.7 Å². The van der Waals surface area contributed by atoms with Crippen LogP contribution in [0.1, 0.15) is 126 Å². The molecule has 0 bridgehead atoms. The monoisotopic (exact) mass is 689 g/mol. The number of hydrogen-bond acceptors (Lipinski definition) is 4. The minimum Gasteiger partial charge on any atom is -0.715 e. The van der Waals surface area contributed by atoms with Crippen LogP contribution in [-0.2, 0) is 28.6 Å². The van der Waals surface area contributed by atoms with Crippen molar-refractivity contribution in [3.63, 3.8) is 0 Å². The summed E-state index contributed by atoms with van der Waals surface area (Å²) in [6.45, 7) is 23.1. The van der Waals surface area contributed by atoms with Crippen molar-refractivity contribution in [1.29, 1.82) is 0 Å². The lowest BCUT2D eigenvalue weighted by Crippen LogP contribution is -3.11. The number of benzene rings is 1. The van der Waals surface area contributed by atoms with Gasteiger partial charge in [0, 0.05) is 0 Å². The van der Waals surface area contributed by atoms with E-state index < -0.39 is 5.47 Å². The molecule has 0 radical (unpaired) electrons. The summed E-state index contributed by atoms with van der Waals surface area (Å²) in [7, 11) is 1.68. The SMILES string of the molecule is CC[NH+](CC)CC.COc1ccc(P(=S)([S-])O[C@H]2CC[C@@]3(C)C(=CC[C@H]4[C@@H]5CC[C@H]([C@H](C)CCCC(C)C)[C@@]5(C)CC[C@@H]43)C2)cc1. The summed E-state index contributed by atoms with van der Waals surface area (Å²) in [4.78, 5) is 1.68. The van der Waals surface area contributed by atoms with E-state index in [4.69, 9.17) is 33.3 Å². The van der Waals surface area contributed by atoms with Gasteiger partial charge in [0.05, 0.1) is 32.8 Å². The molecule has 0 spiro atoms. The molecule has 4 aliphatic rings. The first kappa shape index (κ1) is 38.5. The molecule has 0 amide bonds. The third-order valence-corrected chi connectivity index (χ3v) is 16.7. The highest BCUT2D eigenvalue weighted by molar-refractivity contribution is 8.56. The van der Waals surface area contributed by atoms with E-state index >= 15 is 0 Å². The van der Waals surface area contributed by atoms with Gasteiger partial charge in [0.1, 0.15) is 5.75 Å². The van der Waals surface area contributed by atoms with Crippen LogP contribution < -0.4 is 14.9 Å². The van der Waals surface area contributed by atoms with Crippen LogP contribution in [0.5, 0.6) is 5.75 Å². The van der Waals surface area contributed by atoms with Crippen LogP contribution in [0.15, 0.2) is 35.9 Å². The lowest BCUT2D eigenvalue weighted by molar-refractivity contribution is -0.894. The second kappa shape index (κ2) is 16.6. The number of nitrogens with one attached hydrogen (secondary N) is 1. The molecule has 6 heteroatoms. The number of ether oxygens (including phenoxy) is 1. The highest BCUT2D eigenvalue weighted by atomic mass is 32.9. The molecule has 0 aliphatic heterocycles. The highest BCUT2D eigenvalue weighted by Crippen LogP contribution is 2.67. The zero-order chi connectivity index (χ0) is 33.7. The molecule has 5 rings (SSSR count). The first-order valence-electron chi connectivity index (χ1n) is 19.0. The Morgan fingerprint density at radius 1 is 0.935 bits per heavy atom. The van der Waals surface area contributed by atoms with E-state index in [-0.39, 0.29) is 6.10 Å². The largest absolute Gasteiger partial charge is 0.715 e. The maximum atomic E-state index is 6.60. The van der Waals surface area contributed by atoms with Crippen LogP contribution in [0, 0.1) is 46.3 Å². The van der Waals surface area contributed by atoms with E-state index in [0.717, 1.165) is 59.4 Å². The predicted octanol–water partition coefficient (Wildman–Crippen LogP) is 9.53. The van der Waals surface area contributed by atoms with Crippen molar-refractivity contribution in [2.24, 2.45) is 46.3 Å². The molecule has 3 saturated carbocycles. The highest BCUT2D eigenvalue weighted by Gasteiger charge is 2.59. The van der Waals surface area contributed by atoms with Gasteiger partial charge in [-0.15, -0.1) is 0 Å². The Labute approximate surface area is 294 Å². The van der Waals surface area contributed by atoms with E-state index in [9.17, 15) is 0 Å². The molecule has 9 atom stereocenters. The normalized spacial score (nSPS) is 34.0. The molecule has 0 saturated heterocycles. The number of hydrogen-bond donors (Lipinski definition) is 1. The number of quaternary nitrogens is 1. The lowest BCUT2D eigenvalue weighted by atomic mass is 9.47. The second-order valence-electron chi connectivity index (χ2n) is 16.3. The van der Waals surface area contributed by atoms with E-state index in [0.29, 0.717) is 10.8 Å². The molecule has 1 unspecified atom stereocenters. The summed E-state index contributed by atoms with van der Waals surface area (Å²) in [5.74, 6) is 6.07. The number of methoxy groups -OCH3 is 1. The smallest absolute Gasteiger partial charge is 0.118 e. The zero-order valence-electron chi connectivity index (χ0n) is 30.9. The molecule has 4 aliphatic carbocycles. The second-order valence-corrected chi connectivity index (χ2v) is 21.8. The quantitative estimate of drug-likeness (QED) is 0.134. The fourth-order valence-electron chi connectivity index (χ4n) is 10.5. The lowest BCUT2D eigenvalue weighted by Gasteiger charge is -2.58. The predicted molar refractivity (Wildman–Crippen MR) is 205 cm³/mol. The summed E-state index contributed by atoms with van der Waals surface area (Å²) in [6.07, 6.45) is 17.4. The van der Waals surface area contributed by atoms with Crippen LogP contribution in [0.3, 0.4) is 0 Å². The fourth-order valence-corrected chi connectivity index (χ4v) is 13.2. The number of fused-ring (bicyclic) bond motifs is 5. The fraction of sp³-hybridized carbons (Fsp3) is 0.800. The van der Waals surface area contributed by atoms with Gasteiger partial charge in [0.25, 0.3) is 0 Å². The van der Waals surface area contributed by atoms with Crippen molar-refractivity contribution >= 4 is 34.8 Å². The zero-order valence-corrected chi connectivity index (χ0v) is 33.4. The Balaban J connectivity index is 0.000000617. The summed E-state index contributed by atoms with van der Waals surface area (Å²) in [5.41, 5.74) is 0.0683. The average Bonchev–Trinajstić information content (AvgIpc) is 3.39. The average molecular weight is 690 g/mol. The molecule has 0 aromatic heterocycles. The number of rotatable bonds is 12. The van der Waals surface area contributed by atoms with Crippen LogP contribution in [0.4, 0.5) is 0 Å². The summed E-state index contributed by atoms with van der Waals surface area (Å²) in [6, 6.07) is 7.90. The minimum atomic E-state index is -2.46. The molecule has 3 fully saturated rings. The molecule has 0 heterocycles. The molecular weight excluding hydrogens is 622 g/mol. The van der Waals surface area contributed by atoms with Crippen molar-refractivity contribution in [1.82, 2.24) is 0 Å². The Bertz CT molecular complexity index is 1180. The van der Waals surface area contributed by atoms with Gasteiger partial charge in [-0.05, 0) is 154 Å². The van der Waals surface area contributed by atoms with Gasteiger partial charge in [-0.25, -0.2) is 0 Å².